The van der Waals surface area contributed by atoms with Crippen LogP contribution in [0.4, 0.5) is 0 Å². The van der Waals surface area contributed by atoms with Crippen LogP contribution in [0, 0.1) is 6.92 Å². The van der Waals surface area contributed by atoms with Crippen LogP contribution in [0.25, 0.3) is 0 Å². The van der Waals surface area contributed by atoms with Crippen molar-refractivity contribution in [3.05, 3.63) is 50.4 Å². The van der Waals surface area contributed by atoms with Gasteiger partial charge in [0.15, 0.2) is 0 Å². The van der Waals surface area contributed by atoms with E-state index in [-0.39, 0.29) is 6.61 Å². The van der Waals surface area contributed by atoms with Gasteiger partial charge in [0.1, 0.15) is 23.9 Å². The average molecular weight is 350 g/mol. The van der Waals surface area contributed by atoms with Crippen molar-refractivity contribution in [2.45, 2.75) is 13.5 Å². The number of nitrogens with one attached hydrogen (secondary N) is 1. The SMILES string of the molecule is Cc1oc(COc2cc(Cl)c(Cl)cc2Cl)cc1C(=O)NN. The summed E-state index contributed by atoms with van der Waals surface area (Å²) >= 11 is 17.7. The standard InChI is InChI=1S/C13H11Cl3N2O3/c1-6-8(13(19)18-17)2-7(21-6)5-20-12-4-10(15)9(14)3-11(12)16/h2-4H,5,17H2,1H3,(H,18,19). The Labute approximate surface area is 135 Å². The molecule has 0 spiro atoms. The normalized spacial score (nSPS) is 10.5. The number of ether oxygens (including phenoxy) is 1. The van der Waals surface area contributed by atoms with E-state index in [0.717, 1.165) is 0 Å². The first-order valence-corrected chi connectivity index (χ1v) is 6.93. The van der Waals surface area contributed by atoms with E-state index < -0.39 is 5.91 Å². The van der Waals surface area contributed by atoms with E-state index in [1.807, 2.05) is 5.43 Å². The van der Waals surface area contributed by atoms with Crippen molar-refractivity contribution in [3.8, 4) is 5.75 Å². The van der Waals surface area contributed by atoms with Gasteiger partial charge in [-0.1, -0.05) is 34.8 Å². The highest BCUT2D eigenvalue weighted by Gasteiger charge is 2.15. The first kappa shape index (κ1) is 16.0. The quantitative estimate of drug-likeness (QED) is 0.381. The molecule has 8 heteroatoms. The Bertz CT molecular complexity index is 686. The predicted molar refractivity (Wildman–Crippen MR) is 80.9 cm³/mol. The highest BCUT2D eigenvalue weighted by Crippen LogP contribution is 2.34. The number of carbonyl (C=O) groups is 1. The van der Waals surface area contributed by atoms with Crippen LogP contribution < -0.4 is 16.0 Å². The molecule has 1 aromatic heterocycles. The first-order valence-electron chi connectivity index (χ1n) is 5.80. The number of rotatable bonds is 4. The fourth-order valence-electron chi connectivity index (χ4n) is 1.68. The molecule has 0 unspecified atom stereocenters. The molecule has 1 amide bonds. The molecule has 0 aliphatic carbocycles. The van der Waals surface area contributed by atoms with E-state index in [2.05, 4.69) is 0 Å². The number of nitrogen functional groups attached to an aromatic ring is 1. The van der Waals surface area contributed by atoms with Gasteiger partial charge in [-0.15, -0.1) is 0 Å². The Morgan fingerprint density at radius 3 is 2.57 bits per heavy atom. The number of hydrazine groups is 1. The molecule has 0 atom stereocenters. The predicted octanol–water partition coefficient (Wildman–Crippen LogP) is 3.73. The molecule has 0 saturated carbocycles. The van der Waals surface area contributed by atoms with Gasteiger partial charge < -0.3 is 9.15 Å². The van der Waals surface area contributed by atoms with Crippen molar-refractivity contribution in [3.63, 3.8) is 0 Å². The summed E-state index contributed by atoms with van der Waals surface area (Å²) < 4.78 is 10.9. The van der Waals surface area contributed by atoms with Crippen LogP contribution in [-0.2, 0) is 6.61 Å². The number of carbonyl (C=O) groups excluding carboxylic acids is 1. The largest absolute Gasteiger partial charge is 0.484 e. The number of nitrogens with two attached hydrogens (primary N) is 1. The van der Waals surface area contributed by atoms with Crippen molar-refractivity contribution in [1.82, 2.24) is 5.43 Å². The van der Waals surface area contributed by atoms with Crippen molar-refractivity contribution < 1.29 is 13.9 Å². The van der Waals surface area contributed by atoms with Crippen LogP contribution >= 0.6 is 34.8 Å². The summed E-state index contributed by atoms with van der Waals surface area (Å²) in [5.74, 6) is 5.90. The summed E-state index contributed by atoms with van der Waals surface area (Å²) in [7, 11) is 0. The van der Waals surface area contributed by atoms with E-state index >= 15 is 0 Å². The van der Waals surface area contributed by atoms with Crippen LogP contribution in [0.2, 0.25) is 15.1 Å². The zero-order valence-electron chi connectivity index (χ0n) is 10.9. The molecule has 2 aromatic rings. The lowest BCUT2D eigenvalue weighted by Gasteiger charge is -2.07. The molecule has 21 heavy (non-hydrogen) atoms. The van der Waals surface area contributed by atoms with Crippen LogP contribution in [0.3, 0.4) is 0 Å². The first-order chi connectivity index (χ1) is 9.92. The van der Waals surface area contributed by atoms with E-state index in [1.165, 1.54) is 12.1 Å². The number of amides is 1. The number of hydrogen-bond donors (Lipinski definition) is 2. The Balaban J connectivity index is 2.14. The summed E-state index contributed by atoms with van der Waals surface area (Å²) in [5.41, 5.74) is 2.38. The van der Waals surface area contributed by atoms with Gasteiger partial charge in [0.25, 0.3) is 5.91 Å². The maximum Gasteiger partial charge on any atom is 0.268 e. The van der Waals surface area contributed by atoms with Gasteiger partial charge >= 0.3 is 0 Å². The molecule has 5 nitrogen and oxygen atoms in total. The molecule has 1 heterocycles. The topological polar surface area (TPSA) is 77.5 Å². The van der Waals surface area contributed by atoms with E-state index in [0.29, 0.717) is 37.9 Å². The molecule has 0 aliphatic heterocycles. The highest BCUT2D eigenvalue weighted by atomic mass is 35.5. The summed E-state index contributed by atoms with van der Waals surface area (Å²) in [4.78, 5) is 11.5. The fourth-order valence-corrected chi connectivity index (χ4v) is 2.27. The summed E-state index contributed by atoms with van der Waals surface area (Å²) in [5, 5.41) is 0.993. The van der Waals surface area contributed by atoms with Gasteiger partial charge in [0.05, 0.1) is 20.6 Å². The minimum absolute atomic E-state index is 0.0797. The monoisotopic (exact) mass is 348 g/mol. The lowest BCUT2D eigenvalue weighted by atomic mass is 10.2. The second kappa shape index (κ2) is 6.58. The third-order valence-electron chi connectivity index (χ3n) is 2.69. The molecule has 112 valence electrons. The molecular formula is C13H11Cl3N2O3. The van der Waals surface area contributed by atoms with E-state index in [1.54, 1.807) is 13.0 Å². The summed E-state index contributed by atoms with van der Waals surface area (Å²) in [6, 6.07) is 4.54. The van der Waals surface area contributed by atoms with E-state index in [4.69, 9.17) is 49.8 Å². The second-order valence-corrected chi connectivity index (χ2v) is 5.36. The Morgan fingerprint density at radius 2 is 1.90 bits per heavy atom. The van der Waals surface area contributed by atoms with Crippen molar-refractivity contribution in [2.24, 2.45) is 5.84 Å². The van der Waals surface area contributed by atoms with Crippen molar-refractivity contribution in [1.29, 1.82) is 0 Å². The van der Waals surface area contributed by atoms with Gasteiger partial charge in [0.2, 0.25) is 0 Å². The summed E-state index contributed by atoms with van der Waals surface area (Å²) in [6.07, 6.45) is 0. The zero-order valence-corrected chi connectivity index (χ0v) is 13.1. The Kier molecular flexibility index (Phi) is 5.00. The minimum Gasteiger partial charge on any atom is -0.484 e. The number of hydrogen-bond acceptors (Lipinski definition) is 4. The van der Waals surface area contributed by atoms with Crippen LogP contribution in [0.5, 0.6) is 5.75 Å². The maximum atomic E-state index is 11.5. The van der Waals surface area contributed by atoms with Crippen molar-refractivity contribution >= 4 is 40.7 Å². The molecule has 2 rings (SSSR count). The lowest BCUT2D eigenvalue weighted by molar-refractivity contribution is 0.0952. The molecular weight excluding hydrogens is 339 g/mol. The van der Waals surface area contributed by atoms with Gasteiger partial charge in [-0.3, -0.25) is 10.2 Å². The number of benzene rings is 1. The Morgan fingerprint density at radius 1 is 1.24 bits per heavy atom. The van der Waals surface area contributed by atoms with Gasteiger partial charge in [-0.25, -0.2) is 5.84 Å². The molecule has 1 aromatic carbocycles. The smallest absolute Gasteiger partial charge is 0.268 e. The minimum atomic E-state index is -0.435. The number of halogens is 3. The van der Waals surface area contributed by atoms with Gasteiger partial charge in [-0.2, -0.15) is 0 Å². The Hall–Kier alpha value is -1.40. The average Bonchev–Trinajstić information content (AvgIpc) is 2.81. The van der Waals surface area contributed by atoms with Crippen molar-refractivity contribution in [2.75, 3.05) is 0 Å². The summed E-state index contributed by atoms with van der Waals surface area (Å²) in [6.45, 7) is 1.73. The third kappa shape index (κ3) is 3.63. The third-order valence-corrected chi connectivity index (χ3v) is 3.71. The molecule has 3 N–H and O–H groups in total. The second-order valence-electron chi connectivity index (χ2n) is 4.14. The van der Waals surface area contributed by atoms with Crippen LogP contribution in [0.1, 0.15) is 21.9 Å². The fraction of sp³-hybridized carbons (Fsp3) is 0.154. The molecule has 0 fully saturated rings. The molecule has 0 saturated heterocycles. The molecule has 0 radical (unpaired) electrons. The number of aryl methyl sites for hydroxylation is 1. The van der Waals surface area contributed by atoms with E-state index in [9.17, 15) is 4.79 Å². The van der Waals surface area contributed by atoms with Gasteiger partial charge in [-0.05, 0) is 19.1 Å². The number of furan rings is 1. The lowest BCUT2D eigenvalue weighted by Crippen LogP contribution is -2.30. The van der Waals surface area contributed by atoms with Crippen LogP contribution in [0.15, 0.2) is 22.6 Å². The van der Waals surface area contributed by atoms with Gasteiger partial charge in [0, 0.05) is 6.07 Å². The molecule has 0 bridgehead atoms. The maximum absolute atomic E-state index is 11.5. The molecule has 0 aliphatic rings. The zero-order chi connectivity index (χ0) is 15.6. The highest BCUT2D eigenvalue weighted by molar-refractivity contribution is 6.43. The van der Waals surface area contributed by atoms with Crippen LogP contribution in [-0.4, -0.2) is 5.91 Å².